The lowest BCUT2D eigenvalue weighted by molar-refractivity contribution is 0.684. The van der Waals surface area contributed by atoms with Crippen molar-refractivity contribution in [2.24, 2.45) is 0 Å². The zero-order valence-corrected chi connectivity index (χ0v) is 14.8. The van der Waals surface area contributed by atoms with E-state index in [4.69, 9.17) is 0 Å². The fourth-order valence-corrected chi connectivity index (χ4v) is 3.75. The Kier molecular flexibility index (Phi) is 4.32. The summed E-state index contributed by atoms with van der Waals surface area (Å²) in [6.07, 6.45) is 5.17. The second-order valence-electron chi connectivity index (χ2n) is 5.61. The number of fused-ring (bicyclic) bond motifs is 1. The number of halogens is 2. The van der Waals surface area contributed by atoms with Crippen LogP contribution in [0.15, 0.2) is 40.9 Å². The van der Waals surface area contributed by atoms with Crippen LogP contribution in [0.1, 0.15) is 45.5 Å². The molecular weight excluding hydrogens is 376 g/mol. The molecule has 1 unspecified atom stereocenters. The molecule has 0 radical (unpaired) electrons. The SMILES string of the molecule is Cc1cc(C(Br)c2ccc3c(c2)CCCC3)ccc1Br. The van der Waals surface area contributed by atoms with Gasteiger partial charge < -0.3 is 0 Å². The highest BCUT2D eigenvalue weighted by molar-refractivity contribution is 9.10. The van der Waals surface area contributed by atoms with E-state index in [1.807, 2.05) is 0 Å². The molecule has 0 fully saturated rings. The Hall–Kier alpha value is -0.600. The van der Waals surface area contributed by atoms with Gasteiger partial charge in [-0.25, -0.2) is 0 Å². The van der Waals surface area contributed by atoms with E-state index in [-0.39, 0.29) is 4.83 Å². The van der Waals surface area contributed by atoms with Gasteiger partial charge in [0.1, 0.15) is 0 Å². The van der Waals surface area contributed by atoms with E-state index in [1.54, 1.807) is 11.1 Å². The van der Waals surface area contributed by atoms with Crippen LogP contribution in [-0.2, 0) is 12.8 Å². The van der Waals surface area contributed by atoms with Crippen molar-refractivity contribution in [3.8, 4) is 0 Å². The Morgan fingerprint density at radius 2 is 1.55 bits per heavy atom. The molecule has 0 heterocycles. The number of alkyl halides is 1. The Balaban J connectivity index is 1.93. The third-order valence-electron chi connectivity index (χ3n) is 4.14. The molecule has 0 saturated carbocycles. The van der Waals surface area contributed by atoms with Gasteiger partial charge in [-0.05, 0) is 66.5 Å². The molecule has 0 saturated heterocycles. The van der Waals surface area contributed by atoms with Crippen LogP contribution in [0.3, 0.4) is 0 Å². The number of benzene rings is 2. The first-order valence-electron chi connectivity index (χ1n) is 7.17. The van der Waals surface area contributed by atoms with E-state index in [9.17, 15) is 0 Å². The highest BCUT2D eigenvalue weighted by Gasteiger charge is 2.15. The molecule has 0 bridgehead atoms. The van der Waals surface area contributed by atoms with E-state index in [0.717, 1.165) is 0 Å². The van der Waals surface area contributed by atoms with Gasteiger partial charge in [0.05, 0.1) is 4.83 Å². The predicted molar refractivity (Wildman–Crippen MR) is 92.7 cm³/mol. The van der Waals surface area contributed by atoms with Gasteiger partial charge in [0.2, 0.25) is 0 Å². The Bertz CT molecular complexity index is 631. The summed E-state index contributed by atoms with van der Waals surface area (Å²) in [5, 5.41) is 0. The van der Waals surface area contributed by atoms with Crippen molar-refractivity contribution in [2.75, 3.05) is 0 Å². The number of hydrogen-bond acceptors (Lipinski definition) is 0. The first-order valence-corrected chi connectivity index (χ1v) is 8.88. The lowest BCUT2D eigenvalue weighted by Gasteiger charge is -2.19. The van der Waals surface area contributed by atoms with E-state index in [1.165, 1.54) is 46.8 Å². The van der Waals surface area contributed by atoms with Gasteiger partial charge in [-0.3, -0.25) is 0 Å². The maximum absolute atomic E-state index is 3.87. The molecule has 1 aliphatic carbocycles. The third kappa shape index (κ3) is 2.87. The Morgan fingerprint density at radius 3 is 2.30 bits per heavy atom. The molecule has 0 aromatic heterocycles. The minimum absolute atomic E-state index is 0.279. The van der Waals surface area contributed by atoms with Crippen molar-refractivity contribution < 1.29 is 0 Å². The molecule has 0 nitrogen and oxygen atoms in total. The summed E-state index contributed by atoms with van der Waals surface area (Å²) in [6, 6.07) is 13.6. The summed E-state index contributed by atoms with van der Waals surface area (Å²) >= 11 is 7.43. The Morgan fingerprint density at radius 1 is 0.900 bits per heavy atom. The smallest absolute Gasteiger partial charge is 0.0644 e. The van der Waals surface area contributed by atoms with Crippen LogP contribution in [0.25, 0.3) is 0 Å². The molecular formula is C18H18Br2. The first-order chi connectivity index (χ1) is 9.65. The zero-order valence-electron chi connectivity index (χ0n) is 11.6. The highest BCUT2D eigenvalue weighted by atomic mass is 79.9. The van der Waals surface area contributed by atoms with Crippen LogP contribution in [-0.4, -0.2) is 0 Å². The maximum Gasteiger partial charge on any atom is 0.0644 e. The molecule has 0 N–H and O–H groups in total. The number of hydrogen-bond donors (Lipinski definition) is 0. The van der Waals surface area contributed by atoms with Crippen molar-refractivity contribution in [3.05, 3.63) is 68.7 Å². The first kappa shape index (κ1) is 14.3. The lowest BCUT2D eigenvalue weighted by Crippen LogP contribution is -2.04. The van der Waals surface area contributed by atoms with E-state index >= 15 is 0 Å². The third-order valence-corrected chi connectivity index (χ3v) is 6.09. The van der Waals surface area contributed by atoms with Crippen molar-refractivity contribution in [1.29, 1.82) is 0 Å². The van der Waals surface area contributed by atoms with Gasteiger partial charge in [0.25, 0.3) is 0 Å². The van der Waals surface area contributed by atoms with Crippen molar-refractivity contribution >= 4 is 31.9 Å². The van der Waals surface area contributed by atoms with Crippen LogP contribution in [0.2, 0.25) is 0 Å². The van der Waals surface area contributed by atoms with Gasteiger partial charge in [-0.2, -0.15) is 0 Å². The summed E-state index contributed by atoms with van der Waals surface area (Å²) in [5.74, 6) is 0. The summed E-state index contributed by atoms with van der Waals surface area (Å²) in [5.41, 5.74) is 7.07. The van der Waals surface area contributed by atoms with Crippen LogP contribution >= 0.6 is 31.9 Å². The maximum atomic E-state index is 3.87. The fraction of sp³-hybridized carbons (Fsp3) is 0.333. The van der Waals surface area contributed by atoms with Gasteiger partial charge in [0.15, 0.2) is 0 Å². The van der Waals surface area contributed by atoms with Crippen LogP contribution in [0, 0.1) is 6.92 Å². The van der Waals surface area contributed by atoms with Crippen LogP contribution in [0.4, 0.5) is 0 Å². The van der Waals surface area contributed by atoms with Crippen molar-refractivity contribution in [3.63, 3.8) is 0 Å². The molecule has 2 aromatic rings. The molecule has 3 rings (SSSR count). The van der Waals surface area contributed by atoms with Gasteiger partial charge in [-0.1, -0.05) is 62.2 Å². The predicted octanol–water partition coefficient (Wildman–Crippen LogP) is 6.12. The average Bonchev–Trinajstić information content (AvgIpc) is 2.49. The molecule has 2 aromatic carbocycles. The van der Waals surface area contributed by atoms with Gasteiger partial charge >= 0.3 is 0 Å². The quantitative estimate of drug-likeness (QED) is 0.539. The molecule has 2 heteroatoms. The molecule has 0 aliphatic heterocycles. The van der Waals surface area contributed by atoms with Crippen molar-refractivity contribution in [1.82, 2.24) is 0 Å². The topological polar surface area (TPSA) is 0 Å². The number of aryl methyl sites for hydroxylation is 3. The average molecular weight is 394 g/mol. The number of rotatable bonds is 2. The minimum Gasteiger partial charge on any atom is -0.0786 e. The minimum atomic E-state index is 0.279. The standard InChI is InChI=1S/C18H18Br2/c1-12-10-15(8-9-17(12)19)18(20)16-7-6-13-4-2-3-5-14(13)11-16/h6-11,18H,2-5H2,1H3. The van der Waals surface area contributed by atoms with Gasteiger partial charge in [0, 0.05) is 4.47 Å². The molecule has 0 spiro atoms. The molecule has 1 aliphatic rings. The molecule has 0 amide bonds. The summed E-state index contributed by atoms with van der Waals surface area (Å²) in [6.45, 7) is 2.14. The monoisotopic (exact) mass is 392 g/mol. The summed E-state index contributed by atoms with van der Waals surface area (Å²) in [4.78, 5) is 0.279. The second-order valence-corrected chi connectivity index (χ2v) is 7.38. The zero-order chi connectivity index (χ0) is 14.1. The van der Waals surface area contributed by atoms with E-state index < -0.39 is 0 Å². The normalized spacial score (nSPS) is 15.8. The highest BCUT2D eigenvalue weighted by Crippen LogP contribution is 2.34. The lowest BCUT2D eigenvalue weighted by atomic mass is 9.89. The van der Waals surface area contributed by atoms with Gasteiger partial charge in [-0.15, -0.1) is 0 Å². The van der Waals surface area contributed by atoms with E-state index in [2.05, 4.69) is 75.2 Å². The fourth-order valence-electron chi connectivity index (χ4n) is 2.93. The molecule has 104 valence electrons. The Labute approximate surface area is 137 Å². The van der Waals surface area contributed by atoms with Crippen LogP contribution < -0.4 is 0 Å². The second kappa shape index (κ2) is 6.03. The molecule has 1 atom stereocenters. The van der Waals surface area contributed by atoms with Crippen molar-refractivity contribution in [2.45, 2.75) is 37.4 Å². The van der Waals surface area contributed by atoms with E-state index in [0.29, 0.717) is 0 Å². The summed E-state index contributed by atoms with van der Waals surface area (Å²) in [7, 11) is 0. The molecule has 20 heavy (non-hydrogen) atoms. The largest absolute Gasteiger partial charge is 0.0786 e. The van der Waals surface area contributed by atoms with Crippen LogP contribution in [0.5, 0.6) is 0 Å². The summed E-state index contributed by atoms with van der Waals surface area (Å²) < 4.78 is 1.17.